The first kappa shape index (κ1) is 27.1. The molecule has 6 rings (SSSR count). The molecule has 4 aromatic heterocycles. The van der Waals surface area contributed by atoms with Crippen LogP contribution in [-0.2, 0) is 34.0 Å². The number of fused-ring (bicyclic) bond motifs is 2. The number of rotatable bonds is 4. The summed E-state index contributed by atoms with van der Waals surface area (Å²) in [6.45, 7) is 0. The molecule has 0 amide bonds. The minimum absolute atomic E-state index is 0.0849. The highest BCUT2D eigenvalue weighted by atomic mass is 32.2. The van der Waals surface area contributed by atoms with Crippen LogP contribution in [0.2, 0.25) is 0 Å². The van der Waals surface area contributed by atoms with Crippen LogP contribution >= 0.6 is 0 Å². The molecular formula is C27H25N7O4S2. The highest BCUT2D eigenvalue weighted by Gasteiger charge is 2.13. The summed E-state index contributed by atoms with van der Waals surface area (Å²) in [5.41, 5.74) is 5.25. The third kappa shape index (κ3) is 5.34. The third-order valence-electron chi connectivity index (χ3n) is 6.35. The molecule has 4 heterocycles. The molecule has 0 saturated heterocycles. The number of pyridine rings is 2. The molecule has 0 saturated carbocycles. The van der Waals surface area contributed by atoms with Gasteiger partial charge in [-0.05, 0) is 60.7 Å². The molecule has 2 N–H and O–H groups in total. The number of primary sulfonamides is 1. The summed E-state index contributed by atoms with van der Waals surface area (Å²) < 4.78 is 49.3. The van der Waals surface area contributed by atoms with E-state index in [1.165, 1.54) is 18.4 Å². The lowest BCUT2D eigenvalue weighted by Crippen LogP contribution is -2.11. The van der Waals surface area contributed by atoms with E-state index in [1.54, 1.807) is 61.2 Å². The first-order valence-electron chi connectivity index (χ1n) is 11.9. The summed E-state index contributed by atoms with van der Waals surface area (Å²) in [5.74, 6) is 1.53. The van der Waals surface area contributed by atoms with Gasteiger partial charge in [-0.2, -0.15) is 0 Å². The third-order valence-corrected chi connectivity index (χ3v) is 8.41. The van der Waals surface area contributed by atoms with E-state index in [-0.39, 0.29) is 4.90 Å². The van der Waals surface area contributed by atoms with Crippen molar-refractivity contribution in [1.29, 1.82) is 0 Å². The van der Waals surface area contributed by atoms with Crippen LogP contribution in [-0.4, -0.2) is 52.2 Å². The zero-order valence-electron chi connectivity index (χ0n) is 21.8. The number of nitrogens with zero attached hydrogens (tertiary/aromatic N) is 6. The Morgan fingerprint density at radius 1 is 0.625 bits per heavy atom. The fourth-order valence-corrected chi connectivity index (χ4v) is 5.39. The molecule has 0 unspecified atom stereocenters. The van der Waals surface area contributed by atoms with Crippen molar-refractivity contribution in [3.63, 3.8) is 0 Å². The number of aromatic nitrogens is 6. The maximum absolute atomic E-state index is 11.5. The van der Waals surface area contributed by atoms with Gasteiger partial charge in [-0.15, -0.1) is 0 Å². The zero-order valence-corrected chi connectivity index (χ0v) is 23.4. The second-order valence-corrected chi connectivity index (χ2v) is 12.7. The van der Waals surface area contributed by atoms with Gasteiger partial charge in [0.25, 0.3) is 0 Å². The van der Waals surface area contributed by atoms with E-state index < -0.39 is 19.9 Å². The van der Waals surface area contributed by atoms with Crippen molar-refractivity contribution in [2.45, 2.75) is 9.79 Å². The molecule has 204 valence electrons. The number of benzene rings is 2. The Morgan fingerprint density at radius 2 is 1.12 bits per heavy atom. The van der Waals surface area contributed by atoms with Crippen LogP contribution in [0, 0.1) is 0 Å². The Morgan fingerprint density at radius 3 is 1.65 bits per heavy atom. The highest BCUT2D eigenvalue weighted by molar-refractivity contribution is 7.90. The quantitative estimate of drug-likeness (QED) is 0.336. The Balaban J connectivity index is 0.000000161. The minimum atomic E-state index is -3.67. The number of nitrogens with two attached hydrogens (primary N) is 1. The second-order valence-electron chi connectivity index (χ2n) is 9.08. The molecule has 0 aliphatic carbocycles. The van der Waals surface area contributed by atoms with E-state index in [1.807, 2.05) is 35.4 Å². The van der Waals surface area contributed by atoms with Crippen molar-refractivity contribution in [2.75, 3.05) is 6.26 Å². The number of hydrogen-bond donors (Lipinski definition) is 1. The van der Waals surface area contributed by atoms with Gasteiger partial charge in [-0.3, -0.25) is 9.97 Å². The van der Waals surface area contributed by atoms with Crippen LogP contribution in [0.25, 0.3) is 44.8 Å². The fraction of sp³-hybridized carbons (Fsp3) is 0.111. The first-order chi connectivity index (χ1) is 18.9. The molecule has 6 aromatic rings. The van der Waals surface area contributed by atoms with Gasteiger partial charge in [0, 0.05) is 43.9 Å². The van der Waals surface area contributed by atoms with Gasteiger partial charge >= 0.3 is 0 Å². The molecule has 0 aliphatic heterocycles. The maximum atomic E-state index is 11.5. The van der Waals surface area contributed by atoms with E-state index in [0.717, 1.165) is 44.8 Å². The molecule has 0 spiro atoms. The summed E-state index contributed by atoms with van der Waals surface area (Å²) in [4.78, 5) is 17.6. The molecule has 13 heteroatoms. The van der Waals surface area contributed by atoms with Crippen LogP contribution in [0.3, 0.4) is 0 Å². The normalized spacial score (nSPS) is 11.9. The number of sulfone groups is 1. The number of imidazole rings is 2. The minimum Gasteiger partial charge on any atom is -0.327 e. The first-order valence-corrected chi connectivity index (χ1v) is 15.3. The number of aryl methyl sites for hydroxylation is 2. The average Bonchev–Trinajstić information content (AvgIpc) is 3.45. The lowest BCUT2D eigenvalue weighted by Gasteiger charge is -2.03. The summed E-state index contributed by atoms with van der Waals surface area (Å²) >= 11 is 0. The van der Waals surface area contributed by atoms with E-state index in [4.69, 9.17) is 5.14 Å². The van der Waals surface area contributed by atoms with E-state index in [0.29, 0.717) is 4.90 Å². The van der Waals surface area contributed by atoms with Crippen molar-refractivity contribution < 1.29 is 16.8 Å². The molecule has 0 radical (unpaired) electrons. The van der Waals surface area contributed by atoms with Crippen molar-refractivity contribution in [1.82, 2.24) is 29.1 Å². The SMILES string of the molecule is Cn1c(-c2ccc(S(C)(=O)=O)cc2)nc2cnccc21.Cn1c(-c2ccc(S(N)(=O)=O)cc2)nc2ccncc21. The Hall–Kier alpha value is -4.46. The summed E-state index contributed by atoms with van der Waals surface area (Å²) in [6.07, 6.45) is 8.06. The standard InChI is InChI=1S/C14H13N3O2S.C13H12N4O2S/c1-17-13-7-8-15-9-12(13)16-14(17)10-3-5-11(6-4-10)20(2,18)19;1-17-12-8-15-7-6-11(12)16-13(17)9-2-4-10(5-3-9)20(14,18)19/h3-9H,1-2H3;2-8H,1H3,(H2,14,18,19). The zero-order chi connectivity index (χ0) is 28.7. The molecule has 0 fully saturated rings. The largest absolute Gasteiger partial charge is 0.327 e. The molecular weight excluding hydrogens is 550 g/mol. The second kappa shape index (κ2) is 10.3. The van der Waals surface area contributed by atoms with Crippen LogP contribution in [0.4, 0.5) is 0 Å². The van der Waals surface area contributed by atoms with Gasteiger partial charge in [0.1, 0.15) is 17.2 Å². The summed E-state index contributed by atoms with van der Waals surface area (Å²) in [5, 5.41) is 5.08. The monoisotopic (exact) mass is 575 g/mol. The van der Waals surface area contributed by atoms with Crippen LogP contribution in [0.1, 0.15) is 0 Å². The van der Waals surface area contributed by atoms with E-state index in [9.17, 15) is 16.8 Å². The lowest BCUT2D eigenvalue weighted by atomic mass is 10.2. The van der Waals surface area contributed by atoms with Gasteiger partial charge in [0.2, 0.25) is 10.0 Å². The molecule has 0 bridgehead atoms. The Bertz CT molecular complexity index is 1910. The average molecular weight is 576 g/mol. The molecule has 0 aliphatic rings. The smallest absolute Gasteiger partial charge is 0.238 e. The summed E-state index contributed by atoms with van der Waals surface area (Å²) in [6, 6.07) is 16.8. The molecule has 11 nitrogen and oxygen atoms in total. The van der Waals surface area contributed by atoms with Crippen molar-refractivity contribution >= 4 is 41.9 Å². The topological polar surface area (TPSA) is 156 Å². The fourth-order valence-electron chi connectivity index (χ4n) is 4.25. The van der Waals surface area contributed by atoms with Crippen LogP contribution in [0.15, 0.2) is 95.2 Å². The van der Waals surface area contributed by atoms with Gasteiger partial charge in [0.15, 0.2) is 9.84 Å². The summed E-state index contributed by atoms with van der Waals surface area (Å²) in [7, 11) is -3.03. The predicted octanol–water partition coefficient (Wildman–Crippen LogP) is 3.32. The van der Waals surface area contributed by atoms with Gasteiger partial charge < -0.3 is 9.13 Å². The van der Waals surface area contributed by atoms with E-state index >= 15 is 0 Å². The van der Waals surface area contributed by atoms with Crippen molar-refractivity contribution in [2.24, 2.45) is 19.2 Å². The van der Waals surface area contributed by atoms with Gasteiger partial charge in [-0.1, -0.05) is 0 Å². The van der Waals surface area contributed by atoms with Crippen molar-refractivity contribution in [3.05, 3.63) is 85.5 Å². The molecule has 2 aromatic carbocycles. The van der Waals surface area contributed by atoms with Crippen LogP contribution in [0.5, 0.6) is 0 Å². The van der Waals surface area contributed by atoms with Gasteiger partial charge in [-0.25, -0.2) is 31.9 Å². The van der Waals surface area contributed by atoms with Gasteiger partial charge in [0.05, 0.1) is 38.7 Å². The van der Waals surface area contributed by atoms with Crippen molar-refractivity contribution in [3.8, 4) is 22.8 Å². The maximum Gasteiger partial charge on any atom is 0.238 e. The Kier molecular flexibility index (Phi) is 6.96. The predicted molar refractivity (Wildman–Crippen MR) is 152 cm³/mol. The molecule has 0 atom stereocenters. The number of hydrogen-bond acceptors (Lipinski definition) is 8. The lowest BCUT2D eigenvalue weighted by molar-refractivity contribution is 0.597. The molecule has 40 heavy (non-hydrogen) atoms. The van der Waals surface area contributed by atoms with Crippen LogP contribution < -0.4 is 5.14 Å². The highest BCUT2D eigenvalue weighted by Crippen LogP contribution is 2.25. The Labute approximate surface area is 231 Å². The number of sulfonamides is 1. The van der Waals surface area contributed by atoms with E-state index in [2.05, 4.69) is 19.9 Å².